The molecule has 0 spiro atoms. The monoisotopic (exact) mass is 209 g/mol. The topological polar surface area (TPSA) is 12.0 Å². The second kappa shape index (κ2) is 11.5. The number of hydrogen-bond donors (Lipinski definition) is 1. The van der Waals surface area contributed by atoms with E-state index in [0.717, 1.165) is 13.0 Å². The van der Waals surface area contributed by atoms with E-state index in [1.165, 1.54) is 37.8 Å². The summed E-state index contributed by atoms with van der Waals surface area (Å²) in [4.78, 5) is 0. The Hall–Kier alpha value is -0.560. The molecule has 0 bridgehead atoms. The zero-order valence-electron chi connectivity index (χ0n) is 10.7. The van der Waals surface area contributed by atoms with Crippen molar-refractivity contribution in [2.45, 2.75) is 52.9 Å². The predicted molar refractivity (Wildman–Crippen MR) is 70.2 cm³/mol. The fraction of sp³-hybridized carbons (Fsp3) is 0.714. The zero-order valence-corrected chi connectivity index (χ0v) is 10.7. The zero-order chi connectivity index (χ0) is 11.4. The van der Waals surface area contributed by atoms with Gasteiger partial charge in [-0.3, -0.25) is 0 Å². The predicted octanol–water partition coefficient (Wildman–Crippen LogP) is 4.07. The molecule has 0 saturated carbocycles. The molecular formula is C14H27N. The van der Waals surface area contributed by atoms with Gasteiger partial charge >= 0.3 is 0 Å². The maximum atomic E-state index is 3.42. The van der Waals surface area contributed by atoms with Gasteiger partial charge in [0, 0.05) is 0 Å². The summed E-state index contributed by atoms with van der Waals surface area (Å²) < 4.78 is 0. The maximum absolute atomic E-state index is 3.42. The lowest BCUT2D eigenvalue weighted by Gasteiger charge is -2.00. The highest BCUT2D eigenvalue weighted by molar-refractivity contribution is 4.98. The molecule has 0 radical (unpaired) electrons. The number of rotatable bonds is 9. The molecule has 88 valence electrons. The summed E-state index contributed by atoms with van der Waals surface area (Å²) in [5.41, 5.74) is 1.41. The Kier molecular flexibility index (Phi) is 11.1. The molecule has 0 aliphatic rings. The Labute approximate surface area is 95.7 Å². The minimum atomic E-state index is 1.09. The van der Waals surface area contributed by atoms with Crippen LogP contribution >= 0.6 is 0 Å². The molecule has 1 heteroatoms. The van der Waals surface area contributed by atoms with Crippen LogP contribution in [0.15, 0.2) is 23.8 Å². The second-order valence-electron chi connectivity index (χ2n) is 4.23. The SMILES string of the molecule is CCCNCCCC/C=C\CC=C(C)C. The summed E-state index contributed by atoms with van der Waals surface area (Å²) >= 11 is 0. The van der Waals surface area contributed by atoms with Crippen molar-refractivity contribution in [2.75, 3.05) is 13.1 Å². The summed E-state index contributed by atoms with van der Waals surface area (Å²) in [5.74, 6) is 0. The van der Waals surface area contributed by atoms with Crippen molar-refractivity contribution in [2.24, 2.45) is 0 Å². The van der Waals surface area contributed by atoms with Gasteiger partial charge in [0.1, 0.15) is 0 Å². The third kappa shape index (κ3) is 13.4. The number of allylic oxidation sites excluding steroid dienone is 4. The molecule has 0 rings (SSSR count). The molecule has 0 amide bonds. The van der Waals surface area contributed by atoms with Crippen LogP contribution in [0, 0.1) is 0 Å². The van der Waals surface area contributed by atoms with Gasteiger partial charge in [0.05, 0.1) is 0 Å². The average Bonchev–Trinajstić information content (AvgIpc) is 2.20. The first-order valence-corrected chi connectivity index (χ1v) is 6.26. The van der Waals surface area contributed by atoms with Gasteiger partial charge in [-0.2, -0.15) is 0 Å². The lowest BCUT2D eigenvalue weighted by atomic mass is 10.2. The van der Waals surface area contributed by atoms with E-state index in [1.807, 2.05) is 0 Å². The molecule has 1 nitrogen and oxygen atoms in total. The lowest BCUT2D eigenvalue weighted by Crippen LogP contribution is -2.15. The first-order valence-electron chi connectivity index (χ1n) is 6.26. The molecule has 0 aliphatic heterocycles. The summed E-state index contributed by atoms with van der Waals surface area (Å²) in [7, 11) is 0. The van der Waals surface area contributed by atoms with Gasteiger partial charge in [-0.15, -0.1) is 0 Å². The quantitative estimate of drug-likeness (QED) is 0.446. The normalized spacial score (nSPS) is 10.9. The van der Waals surface area contributed by atoms with Gasteiger partial charge in [0.15, 0.2) is 0 Å². The van der Waals surface area contributed by atoms with E-state index < -0.39 is 0 Å². The standard InChI is InChI=1S/C14H27N/c1-4-12-15-13-10-8-6-5-7-9-11-14(2)3/h5,7,11,15H,4,6,8-10,12-13H2,1-3H3/b7-5-. The molecular weight excluding hydrogens is 182 g/mol. The fourth-order valence-corrected chi connectivity index (χ4v) is 1.33. The number of hydrogen-bond acceptors (Lipinski definition) is 1. The Bertz CT molecular complexity index is 176. The number of nitrogens with one attached hydrogen (secondary N) is 1. The average molecular weight is 209 g/mol. The van der Waals surface area contributed by atoms with Crippen molar-refractivity contribution in [1.29, 1.82) is 0 Å². The smallest absolute Gasteiger partial charge is 0.00488 e. The first kappa shape index (κ1) is 14.4. The van der Waals surface area contributed by atoms with Gasteiger partial charge in [-0.05, 0) is 59.0 Å². The Balaban J connectivity index is 3.13. The lowest BCUT2D eigenvalue weighted by molar-refractivity contribution is 0.620. The van der Waals surface area contributed by atoms with Crippen molar-refractivity contribution in [1.82, 2.24) is 5.32 Å². The van der Waals surface area contributed by atoms with Crippen LogP contribution in [0.5, 0.6) is 0 Å². The van der Waals surface area contributed by atoms with Crippen LogP contribution in [-0.4, -0.2) is 13.1 Å². The Morgan fingerprint density at radius 1 is 1.07 bits per heavy atom. The molecule has 0 atom stereocenters. The van der Waals surface area contributed by atoms with E-state index in [0.29, 0.717) is 0 Å². The largest absolute Gasteiger partial charge is 0.317 e. The van der Waals surface area contributed by atoms with Crippen LogP contribution in [-0.2, 0) is 0 Å². The van der Waals surface area contributed by atoms with Crippen LogP contribution in [0.25, 0.3) is 0 Å². The van der Waals surface area contributed by atoms with Gasteiger partial charge in [0.25, 0.3) is 0 Å². The molecule has 0 unspecified atom stereocenters. The Morgan fingerprint density at radius 3 is 2.53 bits per heavy atom. The fourth-order valence-electron chi connectivity index (χ4n) is 1.33. The summed E-state index contributed by atoms with van der Waals surface area (Å²) in [6, 6.07) is 0. The van der Waals surface area contributed by atoms with Crippen LogP contribution in [0.1, 0.15) is 52.9 Å². The van der Waals surface area contributed by atoms with Crippen molar-refractivity contribution < 1.29 is 0 Å². The molecule has 15 heavy (non-hydrogen) atoms. The van der Waals surface area contributed by atoms with Crippen molar-refractivity contribution in [3.63, 3.8) is 0 Å². The van der Waals surface area contributed by atoms with Crippen molar-refractivity contribution in [3.05, 3.63) is 23.8 Å². The highest BCUT2D eigenvalue weighted by Crippen LogP contribution is 1.98. The number of unbranched alkanes of at least 4 members (excludes halogenated alkanes) is 2. The van der Waals surface area contributed by atoms with Gasteiger partial charge in [0.2, 0.25) is 0 Å². The third-order valence-corrected chi connectivity index (χ3v) is 2.23. The van der Waals surface area contributed by atoms with E-state index in [1.54, 1.807) is 0 Å². The summed E-state index contributed by atoms with van der Waals surface area (Å²) in [5, 5.41) is 3.42. The molecule has 0 aromatic rings. The molecule has 0 aliphatic carbocycles. The highest BCUT2D eigenvalue weighted by atomic mass is 14.8. The van der Waals surface area contributed by atoms with Crippen molar-refractivity contribution >= 4 is 0 Å². The molecule has 0 saturated heterocycles. The molecule has 0 aromatic carbocycles. The minimum absolute atomic E-state index is 1.09. The summed E-state index contributed by atoms with van der Waals surface area (Å²) in [6.07, 6.45) is 13.0. The van der Waals surface area contributed by atoms with Gasteiger partial charge in [-0.25, -0.2) is 0 Å². The molecule has 1 N–H and O–H groups in total. The van der Waals surface area contributed by atoms with E-state index in [4.69, 9.17) is 0 Å². The van der Waals surface area contributed by atoms with Crippen molar-refractivity contribution in [3.8, 4) is 0 Å². The highest BCUT2D eigenvalue weighted by Gasteiger charge is 1.85. The minimum Gasteiger partial charge on any atom is -0.317 e. The van der Waals surface area contributed by atoms with Gasteiger partial charge < -0.3 is 5.32 Å². The van der Waals surface area contributed by atoms with Crippen LogP contribution in [0.4, 0.5) is 0 Å². The van der Waals surface area contributed by atoms with Crippen LogP contribution in [0.3, 0.4) is 0 Å². The third-order valence-electron chi connectivity index (χ3n) is 2.23. The van der Waals surface area contributed by atoms with E-state index >= 15 is 0 Å². The van der Waals surface area contributed by atoms with Crippen LogP contribution in [0.2, 0.25) is 0 Å². The Morgan fingerprint density at radius 2 is 1.87 bits per heavy atom. The maximum Gasteiger partial charge on any atom is -0.00488 e. The van der Waals surface area contributed by atoms with Crippen LogP contribution < -0.4 is 5.32 Å². The van der Waals surface area contributed by atoms with E-state index in [-0.39, 0.29) is 0 Å². The van der Waals surface area contributed by atoms with E-state index in [2.05, 4.69) is 44.3 Å². The first-order chi connectivity index (χ1) is 7.27. The van der Waals surface area contributed by atoms with E-state index in [9.17, 15) is 0 Å². The molecule has 0 fully saturated rings. The second-order valence-corrected chi connectivity index (χ2v) is 4.23. The van der Waals surface area contributed by atoms with Gasteiger partial charge in [-0.1, -0.05) is 30.7 Å². The summed E-state index contributed by atoms with van der Waals surface area (Å²) in [6.45, 7) is 8.84. The molecule has 0 aromatic heterocycles. The molecule has 0 heterocycles.